The second-order valence-electron chi connectivity index (χ2n) is 11.3. The van der Waals surface area contributed by atoms with Gasteiger partial charge in [-0.3, -0.25) is 29.4 Å². The van der Waals surface area contributed by atoms with Crippen LogP contribution in [0.15, 0.2) is 67.0 Å². The van der Waals surface area contributed by atoms with Crippen LogP contribution in [-0.2, 0) is 19.1 Å². The lowest BCUT2D eigenvalue weighted by atomic mass is 10.0. The Morgan fingerprint density at radius 2 is 1.47 bits per heavy atom. The van der Waals surface area contributed by atoms with Crippen molar-refractivity contribution in [3.63, 3.8) is 0 Å². The Labute approximate surface area is 271 Å². The molecule has 6 rings (SSSR count). The van der Waals surface area contributed by atoms with Crippen LogP contribution in [0.25, 0.3) is 16.9 Å². The molecule has 0 radical (unpaired) electrons. The Hall–Kier alpha value is -5.27. The standard InChI is InChI=1S/C34H35N5O8/c1-37(2)23-11-12-38-21-28(35-30(38)19-23)22-3-5-24(6-4-22)46-17-15-44-13-14-45-16-18-47-25-7-8-26-27(20-25)34(43)39(33(26)42)29-9-10-31(40)36-32(29)41/h3-8,11-12,19-21,29H,9-10,13-18H2,1-2H3,(H,36,40,41). The van der Waals surface area contributed by atoms with Crippen LogP contribution in [0.3, 0.4) is 0 Å². The van der Waals surface area contributed by atoms with Crippen LogP contribution >= 0.6 is 0 Å². The molecule has 0 bridgehead atoms. The third-order valence-electron chi connectivity index (χ3n) is 7.89. The second kappa shape index (κ2) is 14.0. The summed E-state index contributed by atoms with van der Waals surface area (Å²) in [5, 5.41) is 2.18. The number of nitrogens with zero attached hydrogens (tertiary/aromatic N) is 4. The van der Waals surface area contributed by atoms with Gasteiger partial charge in [-0.05, 0) is 55.0 Å². The van der Waals surface area contributed by atoms with Gasteiger partial charge in [-0.15, -0.1) is 0 Å². The summed E-state index contributed by atoms with van der Waals surface area (Å²) in [5.41, 5.74) is 4.23. The first-order valence-corrected chi connectivity index (χ1v) is 15.3. The number of carbonyl (C=O) groups excluding carboxylic acids is 4. The van der Waals surface area contributed by atoms with Crippen LogP contribution in [0, 0.1) is 0 Å². The van der Waals surface area contributed by atoms with E-state index >= 15 is 0 Å². The predicted octanol–water partition coefficient (Wildman–Crippen LogP) is 2.96. The van der Waals surface area contributed by atoms with E-state index in [1.807, 2.05) is 72.2 Å². The van der Waals surface area contributed by atoms with Gasteiger partial charge in [0.2, 0.25) is 11.8 Å². The molecule has 244 valence electrons. The van der Waals surface area contributed by atoms with Crippen molar-refractivity contribution < 1.29 is 38.1 Å². The number of amides is 4. The topological polar surface area (TPSA) is 141 Å². The molecule has 4 amide bonds. The van der Waals surface area contributed by atoms with Crippen molar-refractivity contribution in [2.75, 3.05) is 58.6 Å². The van der Waals surface area contributed by atoms with Crippen molar-refractivity contribution >= 4 is 35.0 Å². The molecular weight excluding hydrogens is 606 g/mol. The Bertz CT molecular complexity index is 1800. The van der Waals surface area contributed by atoms with E-state index in [0.29, 0.717) is 38.8 Å². The monoisotopic (exact) mass is 641 g/mol. The van der Waals surface area contributed by atoms with Crippen LogP contribution in [0.1, 0.15) is 33.6 Å². The van der Waals surface area contributed by atoms with Gasteiger partial charge in [-0.25, -0.2) is 4.98 Å². The normalized spacial score (nSPS) is 16.0. The van der Waals surface area contributed by atoms with E-state index in [4.69, 9.17) is 23.9 Å². The number of pyridine rings is 1. The number of imide groups is 2. The van der Waals surface area contributed by atoms with Crippen LogP contribution in [0.4, 0.5) is 5.69 Å². The number of anilines is 1. The highest BCUT2D eigenvalue weighted by atomic mass is 16.6. The Morgan fingerprint density at radius 1 is 0.809 bits per heavy atom. The third kappa shape index (κ3) is 7.11. The summed E-state index contributed by atoms with van der Waals surface area (Å²) in [6.45, 7) is 2.07. The van der Waals surface area contributed by atoms with Gasteiger partial charge in [0.25, 0.3) is 11.8 Å². The number of hydrogen-bond acceptors (Lipinski definition) is 10. The van der Waals surface area contributed by atoms with Crippen molar-refractivity contribution in [3.05, 3.63) is 78.1 Å². The molecule has 2 aromatic carbocycles. The van der Waals surface area contributed by atoms with Crippen molar-refractivity contribution in [3.8, 4) is 22.8 Å². The zero-order valence-electron chi connectivity index (χ0n) is 26.1. The van der Waals surface area contributed by atoms with Crippen LogP contribution < -0.4 is 19.7 Å². The molecule has 13 heteroatoms. The minimum Gasteiger partial charge on any atom is -0.491 e. The van der Waals surface area contributed by atoms with Crippen molar-refractivity contribution in [2.45, 2.75) is 18.9 Å². The van der Waals surface area contributed by atoms with Gasteiger partial charge in [0, 0.05) is 50.2 Å². The Kier molecular flexibility index (Phi) is 9.45. The highest BCUT2D eigenvalue weighted by Gasteiger charge is 2.44. The lowest BCUT2D eigenvalue weighted by Gasteiger charge is -2.27. The van der Waals surface area contributed by atoms with Crippen LogP contribution in [0.2, 0.25) is 0 Å². The molecule has 4 aromatic rings. The molecular formula is C34H35N5O8. The van der Waals surface area contributed by atoms with E-state index in [0.717, 1.165) is 33.2 Å². The quantitative estimate of drug-likeness (QED) is 0.161. The Morgan fingerprint density at radius 3 is 2.17 bits per heavy atom. The minimum atomic E-state index is -1.01. The molecule has 1 unspecified atom stereocenters. The summed E-state index contributed by atoms with van der Waals surface area (Å²) in [7, 11) is 4.01. The van der Waals surface area contributed by atoms with Gasteiger partial charge in [0.05, 0.1) is 43.2 Å². The van der Waals surface area contributed by atoms with Crippen LogP contribution in [0.5, 0.6) is 11.5 Å². The fourth-order valence-corrected chi connectivity index (χ4v) is 5.41. The molecule has 2 aromatic heterocycles. The average molecular weight is 642 g/mol. The van der Waals surface area contributed by atoms with E-state index < -0.39 is 29.7 Å². The number of imidazole rings is 1. The molecule has 1 saturated heterocycles. The summed E-state index contributed by atoms with van der Waals surface area (Å²) >= 11 is 0. The lowest BCUT2D eigenvalue weighted by Crippen LogP contribution is -2.54. The van der Waals surface area contributed by atoms with Gasteiger partial charge < -0.3 is 28.2 Å². The molecule has 0 aliphatic carbocycles. The molecule has 1 atom stereocenters. The molecule has 2 aliphatic heterocycles. The van der Waals surface area contributed by atoms with Gasteiger partial charge in [-0.2, -0.15) is 0 Å². The number of aromatic nitrogens is 2. The maximum absolute atomic E-state index is 12.9. The molecule has 1 fully saturated rings. The SMILES string of the molecule is CN(C)c1ccn2cc(-c3ccc(OCCOCCOCCOc4ccc5c(c4)C(=O)N(C4CCC(=O)NC4=O)C5=O)cc3)nc2c1. The van der Waals surface area contributed by atoms with E-state index in [2.05, 4.69) is 5.32 Å². The van der Waals surface area contributed by atoms with Gasteiger partial charge in [0.1, 0.15) is 36.4 Å². The van der Waals surface area contributed by atoms with E-state index in [1.165, 1.54) is 12.1 Å². The molecule has 1 N–H and O–H groups in total. The summed E-state index contributed by atoms with van der Waals surface area (Å²) in [6.07, 6.45) is 4.18. The highest BCUT2D eigenvalue weighted by molar-refractivity contribution is 6.23. The maximum Gasteiger partial charge on any atom is 0.262 e. The molecule has 13 nitrogen and oxygen atoms in total. The maximum atomic E-state index is 12.9. The summed E-state index contributed by atoms with van der Waals surface area (Å²) < 4.78 is 24.6. The van der Waals surface area contributed by atoms with E-state index in [9.17, 15) is 19.2 Å². The largest absolute Gasteiger partial charge is 0.491 e. The van der Waals surface area contributed by atoms with Crippen molar-refractivity contribution in [1.29, 1.82) is 0 Å². The fourth-order valence-electron chi connectivity index (χ4n) is 5.41. The summed E-state index contributed by atoms with van der Waals surface area (Å²) in [5.74, 6) is -1.06. The highest BCUT2D eigenvalue weighted by Crippen LogP contribution is 2.30. The number of carbonyl (C=O) groups is 4. The van der Waals surface area contributed by atoms with Gasteiger partial charge in [-0.1, -0.05) is 0 Å². The number of nitrogens with one attached hydrogen (secondary N) is 1. The van der Waals surface area contributed by atoms with Crippen molar-refractivity contribution in [1.82, 2.24) is 19.6 Å². The first-order chi connectivity index (χ1) is 22.8. The number of piperidine rings is 1. The second-order valence-corrected chi connectivity index (χ2v) is 11.3. The average Bonchev–Trinajstić information content (AvgIpc) is 3.60. The molecule has 0 saturated carbocycles. The third-order valence-corrected chi connectivity index (χ3v) is 7.89. The van der Waals surface area contributed by atoms with Gasteiger partial charge in [0.15, 0.2) is 0 Å². The molecule has 0 spiro atoms. The Balaban J connectivity index is 0.858. The first-order valence-electron chi connectivity index (χ1n) is 15.3. The summed E-state index contributed by atoms with van der Waals surface area (Å²) in [6, 6.07) is 15.5. The minimum absolute atomic E-state index is 0.0657. The van der Waals surface area contributed by atoms with Gasteiger partial charge >= 0.3 is 0 Å². The number of fused-ring (bicyclic) bond motifs is 2. The number of ether oxygens (including phenoxy) is 4. The fraction of sp³-hybridized carbons (Fsp3) is 0.324. The van der Waals surface area contributed by atoms with Crippen LogP contribution in [-0.4, -0.2) is 97.7 Å². The lowest BCUT2D eigenvalue weighted by molar-refractivity contribution is -0.136. The molecule has 47 heavy (non-hydrogen) atoms. The molecule has 4 heterocycles. The number of hydrogen-bond donors (Lipinski definition) is 1. The number of benzene rings is 2. The van der Waals surface area contributed by atoms with E-state index in [-0.39, 0.29) is 30.6 Å². The van der Waals surface area contributed by atoms with Crippen molar-refractivity contribution in [2.24, 2.45) is 0 Å². The number of rotatable bonds is 14. The predicted molar refractivity (Wildman–Crippen MR) is 171 cm³/mol. The zero-order chi connectivity index (χ0) is 32.9. The van der Waals surface area contributed by atoms with E-state index in [1.54, 1.807) is 6.07 Å². The molecule has 2 aliphatic rings. The summed E-state index contributed by atoms with van der Waals surface area (Å²) in [4.78, 5) is 57.1. The smallest absolute Gasteiger partial charge is 0.262 e. The first kappa shape index (κ1) is 31.7. The zero-order valence-corrected chi connectivity index (χ0v) is 26.1.